The largest absolute Gasteiger partial charge is 0.356 e. The summed E-state index contributed by atoms with van der Waals surface area (Å²) in [5, 5.41) is 15.8. The Bertz CT molecular complexity index is 530. The van der Waals surface area contributed by atoms with Gasteiger partial charge < -0.3 is 15.2 Å². The number of nitrogens with zero attached hydrogens (tertiary/aromatic N) is 4. The lowest BCUT2D eigenvalue weighted by atomic mass is 9.96. The molecule has 0 bridgehead atoms. The molecule has 0 aromatic carbocycles. The zero-order valence-corrected chi connectivity index (χ0v) is 15.1. The van der Waals surface area contributed by atoms with Crippen LogP contribution in [0.5, 0.6) is 0 Å². The van der Waals surface area contributed by atoms with Gasteiger partial charge in [0, 0.05) is 39.0 Å². The lowest BCUT2D eigenvalue weighted by molar-refractivity contribution is 0.410. The highest BCUT2D eigenvalue weighted by Gasteiger charge is 2.15. The maximum absolute atomic E-state index is 4.41. The monoisotopic (exact) mass is 332 g/mol. The van der Waals surface area contributed by atoms with Crippen LogP contribution in [0.25, 0.3) is 0 Å². The van der Waals surface area contributed by atoms with Crippen LogP contribution >= 0.6 is 0 Å². The van der Waals surface area contributed by atoms with Gasteiger partial charge in [0.1, 0.15) is 11.6 Å². The standard InChI is InChI=1S/C18H32N6/c1-19-18(21-15-9-4-2-5-10-15)20-13-8-12-17-23-22-16-11-6-3-7-14-24(16)17/h15H,2-14H2,1H3,(H2,19,20,21). The van der Waals surface area contributed by atoms with Crippen LogP contribution in [0.3, 0.4) is 0 Å². The average Bonchev–Trinajstić information content (AvgIpc) is 2.85. The Balaban J connectivity index is 1.40. The zero-order valence-electron chi connectivity index (χ0n) is 15.1. The number of aryl methyl sites for hydroxylation is 2. The minimum Gasteiger partial charge on any atom is -0.356 e. The Morgan fingerprint density at radius 3 is 2.79 bits per heavy atom. The van der Waals surface area contributed by atoms with Gasteiger partial charge in [-0.05, 0) is 32.1 Å². The quantitative estimate of drug-likeness (QED) is 0.494. The van der Waals surface area contributed by atoms with E-state index in [2.05, 4.69) is 30.4 Å². The van der Waals surface area contributed by atoms with Gasteiger partial charge in [-0.25, -0.2) is 0 Å². The molecule has 6 nitrogen and oxygen atoms in total. The number of fused-ring (bicyclic) bond motifs is 1. The third-order valence-electron chi connectivity index (χ3n) is 5.23. The normalized spacial score (nSPS) is 19.6. The third kappa shape index (κ3) is 4.71. The van der Waals surface area contributed by atoms with Gasteiger partial charge in [-0.15, -0.1) is 10.2 Å². The molecule has 1 aromatic rings. The molecule has 0 radical (unpaired) electrons. The van der Waals surface area contributed by atoms with Gasteiger partial charge in [-0.3, -0.25) is 4.99 Å². The van der Waals surface area contributed by atoms with E-state index in [1.807, 2.05) is 7.05 Å². The van der Waals surface area contributed by atoms with Crippen LogP contribution < -0.4 is 10.6 Å². The molecule has 1 aliphatic heterocycles. The lowest BCUT2D eigenvalue weighted by Crippen LogP contribution is -2.44. The molecule has 1 fully saturated rings. The van der Waals surface area contributed by atoms with E-state index in [4.69, 9.17) is 0 Å². The average molecular weight is 332 g/mol. The molecule has 1 aliphatic carbocycles. The van der Waals surface area contributed by atoms with E-state index in [-0.39, 0.29) is 0 Å². The van der Waals surface area contributed by atoms with Crippen molar-refractivity contribution in [2.45, 2.75) is 83.2 Å². The number of aliphatic imine (C=N–C) groups is 1. The third-order valence-corrected chi connectivity index (χ3v) is 5.23. The molecule has 2 heterocycles. The first-order valence-corrected chi connectivity index (χ1v) is 9.75. The number of guanidine groups is 1. The highest BCUT2D eigenvalue weighted by Crippen LogP contribution is 2.17. The van der Waals surface area contributed by atoms with Gasteiger partial charge in [-0.2, -0.15) is 0 Å². The van der Waals surface area contributed by atoms with Crippen molar-refractivity contribution in [2.75, 3.05) is 13.6 Å². The number of rotatable bonds is 5. The number of hydrogen-bond donors (Lipinski definition) is 2. The second-order valence-electron chi connectivity index (χ2n) is 7.08. The topological polar surface area (TPSA) is 67.1 Å². The number of aromatic nitrogens is 3. The van der Waals surface area contributed by atoms with E-state index in [1.165, 1.54) is 57.2 Å². The Labute approximate surface area is 145 Å². The minimum absolute atomic E-state index is 0.595. The molecule has 134 valence electrons. The summed E-state index contributed by atoms with van der Waals surface area (Å²) in [5.74, 6) is 3.29. The summed E-state index contributed by atoms with van der Waals surface area (Å²) in [7, 11) is 1.86. The van der Waals surface area contributed by atoms with Crippen molar-refractivity contribution in [1.29, 1.82) is 0 Å². The summed E-state index contributed by atoms with van der Waals surface area (Å²) in [6, 6.07) is 0.595. The highest BCUT2D eigenvalue weighted by atomic mass is 15.3. The Morgan fingerprint density at radius 1 is 1.12 bits per heavy atom. The summed E-state index contributed by atoms with van der Waals surface area (Å²) >= 11 is 0. The van der Waals surface area contributed by atoms with Crippen molar-refractivity contribution in [3.05, 3.63) is 11.6 Å². The first-order chi connectivity index (χ1) is 11.9. The Morgan fingerprint density at radius 2 is 1.96 bits per heavy atom. The molecular formula is C18H32N6. The van der Waals surface area contributed by atoms with Gasteiger partial charge in [0.25, 0.3) is 0 Å². The van der Waals surface area contributed by atoms with Crippen LogP contribution in [0.15, 0.2) is 4.99 Å². The van der Waals surface area contributed by atoms with E-state index in [9.17, 15) is 0 Å². The van der Waals surface area contributed by atoms with Gasteiger partial charge in [0.05, 0.1) is 0 Å². The molecule has 0 spiro atoms. The number of nitrogens with one attached hydrogen (secondary N) is 2. The molecule has 1 saturated carbocycles. The molecule has 0 saturated heterocycles. The van der Waals surface area contributed by atoms with Crippen LogP contribution in [-0.2, 0) is 19.4 Å². The van der Waals surface area contributed by atoms with Gasteiger partial charge in [0.2, 0.25) is 0 Å². The van der Waals surface area contributed by atoms with E-state index in [0.29, 0.717) is 6.04 Å². The lowest BCUT2D eigenvalue weighted by Gasteiger charge is -2.24. The Kier molecular flexibility index (Phi) is 6.49. The molecule has 24 heavy (non-hydrogen) atoms. The summed E-state index contributed by atoms with van der Waals surface area (Å²) in [5.41, 5.74) is 0. The SMILES string of the molecule is CN=C(NCCCc1nnc2n1CCCCC2)NC1CCCCC1. The van der Waals surface area contributed by atoms with Crippen LogP contribution in [0.4, 0.5) is 0 Å². The molecule has 2 aliphatic rings. The zero-order chi connectivity index (χ0) is 16.6. The molecular weight excluding hydrogens is 300 g/mol. The van der Waals surface area contributed by atoms with Gasteiger partial charge in [-0.1, -0.05) is 25.7 Å². The summed E-state index contributed by atoms with van der Waals surface area (Å²) in [6.45, 7) is 2.02. The van der Waals surface area contributed by atoms with Crippen molar-refractivity contribution >= 4 is 5.96 Å². The van der Waals surface area contributed by atoms with Crippen LogP contribution in [0.2, 0.25) is 0 Å². The predicted molar refractivity (Wildman–Crippen MR) is 97.3 cm³/mol. The molecule has 0 atom stereocenters. The first-order valence-electron chi connectivity index (χ1n) is 9.75. The molecule has 0 unspecified atom stereocenters. The molecule has 6 heteroatoms. The van der Waals surface area contributed by atoms with Crippen molar-refractivity contribution < 1.29 is 0 Å². The fourth-order valence-electron chi connectivity index (χ4n) is 3.82. The van der Waals surface area contributed by atoms with E-state index < -0.39 is 0 Å². The second-order valence-corrected chi connectivity index (χ2v) is 7.08. The first kappa shape index (κ1) is 17.2. The van der Waals surface area contributed by atoms with Crippen LogP contribution in [0.1, 0.15) is 69.4 Å². The van der Waals surface area contributed by atoms with Gasteiger partial charge in [0.15, 0.2) is 5.96 Å². The van der Waals surface area contributed by atoms with E-state index in [0.717, 1.165) is 44.1 Å². The molecule has 0 amide bonds. The second kappa shape index (κ2) is 9.04. The van der Waals surface area contributed by atoms with Crippen molar-refractivity contribution in [2.24, 2.45) is 4.99 Å². The molecule has 1 aromatic heterocycles. The highest BCUT2D eigenvalue weighted by molar-refractivity contribution is 5.79. The van der Waals surface area contributed by atoms with Crippen LogP contribution in [0, 0.1) is 0 Å². The minimum atomic E-state index is 0.595. The fourth-order valence-corrected chi connectivity index (χ4v) is 3.82. The molecule has 3 rings (SSSR count). The van der Waals surface area contributed by atoms with Crippen molar-refractivity contribution in [1.82, 2.24) is 25.4 Å². The summed E-state index contributed by atoms with van der Waals surface area (Å²) in [4.78, 5) is 4.36. The van der Waals surface area contributed by atoms with Crippen molar-refractivity contribution in [3.63, 3.8) is 0 Å². The number of hydrogen-bond acceptors (Lipinski definition) is 3. The van der Waals surface area contributed by atoms with Gasteiger partial charge >= 0.3 is 0 Å². The van der Waals surface area contributed by atoms with E-state index >= 15 is 0 Å². The van der Waals surface area contributed by atoms with Crippen molar-refractivity contribution in [3.8, 4) is 0 Å². The smallest absolute Gasteiger partial charge is 0.191 e. The maximum atomic E-state index is 4.41. The fraction of sp³-hybridized carbons (Fsp3) is 0.833. The molecule has 2 N–H and O–H groups in total. The summed E-state index contributed by atoms with van der Waals surface area (Å²) in [6.07, 6.45) is 13.6. The Hall–Kier alpha value is -1.59. The van der Waals surface area contributed by atoms with E-state index in [1.54, 1.807) is 0 Å². The predicted octanol–water partition coefficient (Wildman–Crippen LogP) is 2.43. The maximum Gasteiger partial charge on any atom is 0.191 e. The van der Waals surface area contributed by atoms with Crippen LogP contribution in [-0.4, -0.2) is 40.4 Å². The summed E-state index contributed by atoms with van der Waals surface area (Å²) < 4.78 is 2.35.